The first kappa shape index (κ1) is 7.22. The molecule has 0 aliphatic carbocycles. The quantitative estimate of drug-likeness (QED) is 0.555. The fourth-order valence-corrected chi connectivity index (χ4v) is 1.71. The van der Waals surface area contributed by atoms with E-state index in [0.717, 1.165) is 6.42 Å². The van der Waals surface area contributed by atoms with Gasteiger partial charge in [-0.05, 0) is 6.42 Å². The van der Waals surface area contributed by atoms with E-state index in [2.05, 4.69) is 0 Å². The van der Waals surface area contributed by atoms with Gasteiger partial charge in [0.2, 0.25) is 0 Å². The summed E-state index contributed by atoms with van der Waals surface area (Å²) in [5.74, 6) is 0. The van der Waals surface area contributed by atoms with Crippen molar-refractivity contribution >= 4 is 7.60 Å². The van der Waals surface area contributed by atoms with Crippen LogP contribution in [-0.2, 0) is 13.6 Å². The molecule has 4 nitrogen and oxygen atoms in total. The van der Waals surface area contributed by atoms with Crippen LogP contribution in [0.4, 0.5) is 0 Å². The molecule has 2 N–H and O–H groups in total. The molecule has 9 heavy (non-hydrogen) atoms. The molecule has 54 valence electrons. The summed E-state index contributed by atoms with van der Waals surface area (Å²) in [6, 6.07) is 0. The van der Waals surface area contributed by atoms with Crippen molar-refractivity contribution in [1.82, 2.24) is 0 Å². The lowest BCUT2D eigenvalue weighted by Crippen LogP contribution is -2.13. The Hall–Kier alpha value is 0.110. The van der Waals surface area contributed by atoms with Gasteiger partial charge in [-0.2, -0.15) is 0 Å². The zero-order chi connectivity index (χ0) is 6.74. The summed E-state index contributed by atoms with van der Waals surface area (Å²) in [6.07, 6.45) is 0.803. The maximum atomic E-state index is 11.0. The van der Waals surface area contributed by atoms with Crippen molar-refractivity contribution < 1.29 is 13.6 Å². The van der Waals surface area contributed by atoms with Crippen LogP contribution in [0, 0.1) is 0 Å². The fraction of sp³-hybridized carbons (Fsp3) is 1.00. The molecule has 0 amide bonds. The van der Waals surface area contributed by atoms with Gasteiger partial charge in [-0.25, -0.2) is 0 Å². The third-order valence-corrected chi connectivity index (χ3v) is 2.69. The maximum Gasteiger partial charge on any atom is 0.344 e. The Kier molecular flexibility index (Phi) is 2.24. The normalized spacial score (nSPS) is 25.9. The number of hydrogen-bond acceptors (Lipinski definition) is 4. The molecule has 5 heteroatoms. The number of nitrogens with two attached hydrogens (primary N) is 1. The predicted molar refractivity (Wildman–Crippen MR) is 33.2 cm³/mol. The lowest BCUT2D eigenvalue weighted by atomic mass is 10.5. The van der Waals surface area contributed by atoms with E-state index >= 15 is 0 Å². The molecule has 0 unspecified atom stereocenters. The highest BCUT2D eigenvalue weighted by Gasteiger charge is 2.25. The average Bonchev–Trinajstić information content (AvgIpc) is 1.90. The van der Waals surface area contributed by atoms with Gasteiger partial charge in [0.05, 0.1) is 19.5 Å². The Balaban J connectivity index is 2.47. The van der Waals surface area contributed by atoms with E-state index in [-0.39, 0.29) is 6.29 Å². The zero-order valence-electron chi connectivity index (χ0n) is 5.08. The minimum Gasteiger partial charge on any atom is -0.320 e. The second-order valence-electron chi connectivity index (χ2n) is 1.81. The van der Waals surface area contributed by atoms with Gasteiger partial charge in [0.1, 0.15) is 0 Å². The summed E-state index contributed by atoms with van der Waals surface area (Å²) < 4.78 is 20.7. The van der Waals surface area contributed by atoms with Crippen molar-refractivity contribution in [2.45, 2.75) is 6.42 Å². The van der Waals surface area contributed by atoms with Crippen LogP contribution in [0.3, 0.4) is 0 Å². The Morgan fingerprint density at radius 1 is 1.44 bits per heavy atom. The monoisotopic (exact) mass is 151 g/mol. The molecule has 0 aromatic rings. The molecule has 0 spiro atoms. The molecule has 0 saturated carbocycles. The first-order valence-corrected chi connectivity index (χ1v) is 4.58. The second kappa shape index (κ2) is 2.80. The number of rotatable bonds is 1. The molecule has 0 bridgehead atoms. The van der Waals surface area contributed by atoms with Crippen molar-refractivity contribution in [1.29, 1.82) is 0 Å². The lowest BCUT2D eigenvalue weighted by Gasteiger charge is -2.20. The molecule has 1 aliphatic rings. The highest BCUT2D eigenvalue weighted by molar-refractivity contribution is 7.53. The smallest absolute Gasteiger partial charge is 0.320 e. The maximum absolute atomic E-state index is 11.0. The van der Waals surface area contributed by atoms with Crippen LogP contribution in [0.2, 0.25) is 0 Å². The van der Waals surface area contributed by atoms with Crippen LogP contribution in [0.5, 0.6) is 0 Å². The van der Waals surface area contributed by atoms with Crippen LogP contribution in [0.15, 0.2) is 0 Å². The van der Waals surface area contributed by atoms with Crippen molar-refractivity contribution in [3.8, 4) is 0 Å². The van der Waals surface area contributed by atoms with Crippen LogP contribution in [0.25, 0.3) is 0 Å². The van der Waals surface area contributed by atoms with Gasteiger partial charge in [0, 0.05) is 0 Å². The van der Waals surface area contributed by atoms with Gasteiger partial charge < -0.3 is 14.8 Å². The van der Waals surface area contributed by atoms with Gasteiger partial charge >= 0.3 is 7.60 Å². The first-order valence-electron chi connectivity index (χ1n) is 2.85. The molecule has 1 aliphatic heterocycles. The average molecular weight is 151 g/mol. The van der Waals surface area contributed by atoms with Gasteiger partial charge in [-0.3, -0.25) is 4.57 Å². The SMILES string of the molecule is NCP1(=O)OCCCO1. The van der Waals surface area contributed by atoms with Crippen LogP contribution < -0.4 is 5.73 Å². The fourth-order valence-electron chi connectivity index (χ4n) is 0.609. The molecule has 0 atom stereocenters. The van der Waals surface area contributed by atoms with Gasteiger partial charge in [-0.1, -0.05) is 0 Å². The minimum absolute atomic E-state index is 0.00694. The zero-order valence-corrected chi connectivity index (χ0v) is 5.97. The highest BCUT2D eigenvalue weighted by atomic mass is 31.2. The second-order valence-corrected chi connectivity index (χ2v) is 3.92. The molecule has 1 heterocycles. The lowest BCUT2D eigenvalue weighted by molar-refractivity contribution is 0.147. The Morgan fingerprint density at radius 3 is 2.33 bits per heavy atom. The van der Waals surface area contributed by atoms with E-state index in [1.54, 1.807) is 0 Å². The molecular formula is C4H10NO3P. The van der Waals surface area contributed by atoms with Crippen LogP contribution in [-0.4, -0.2) is 19.5 Å². The molecule has 0 aromatic heterocycles. The summed E-state index contributed by atoms with van der Waals surface area (Å²) in [5, 5.41) is 0. The van der Waals surface area contributed by atoms with Gasteiger partial charge in [0.15, 0.2) is 0 Å². The van der Waals surface area contributed by atoms with Gasteiger partial charge in [0.25, 0.3) is 0 Å². The molecule has 0 radical (unpaired) electrons. The van der Waals surface area contributed by atoms with E-state index in [1.165, 1.54) is 0 Å². The molecule has 1 fully saturated rings. The van der Waals surface area contributed by atoms with E-state index in [4.69, 9.17) is 14.8 Å². The summed E-state index contributed by atoms with van der Waals surface area (Å²) in [7, 11) is -2.82. The largest absolute Gasteiger partial charge is 0.344 e. The topological polar surface area (TPSA) is 61.6 Å². The predicted octanol–water partition coefficient (Wildman–Crippen LogP) is 0.533. The van der Waals surface area contributed by atoms with Crippen molar-refractivity contribution in [3.05, 3.63) is 0 Å². The van der Waals surface area contributed by atoms with Crippen LogP contribution >= 0.6 is 7.60 Å². The van der Waals surface area contributed by atoms with Crippen molar-refractivity contribution in [2.75, 3.05) is 19.5 Å². The number of hydrogen-bond donors (Lipinski definition) is 1. The Morgan fingerprint density at radius 2 is 2.00 bits per heavy atom. The Labute approximate surface area is 53.9 Å². The van der Waals surface area contributed by atoms with E-state index < -0.39 is 7.60 Å². The summed E-state index contributed by atoms with van der Waals surface area (Å²) in [6.45, 7) is 1.02. The van der Waals surface area contributed by atoms with Gasteiger partial charge in [-0.15, -0.1) is 0 Å². The standard InChI is InChI=1S/C4H10NO3P/c5-4-9(6)7-2-1-3-8-9/h1-5H2. The third kappa shape index (κ3) is 1.76. The molecule has 0 aromatic carbocycles. The van der Waals surface area contributed by atoms with Crippen molar-refractivity contribution in [2.24, 2.45) is 5.73 Å². The third-order valence-electron chi connectivity index (χ3n) is 1.09. The summed E-state index contributed by atoms with van der Waals surface area (Å²) >= 11 is 0. The summed E-state index contributed by atoms with van der Waals surface area (Å²) in [4.78, 5) is 0. The molecule has 1 saturated heterocycles. The first-order chi connectivity index (χ1) is 4.27. The molecule has 1 rings (SSSR count). The minimum atomic E-state index is -2.82. The molecular weight excluding hydrogens is 141 g/mol. The van der Waals surface area contributed by atoms with E-state index in [1.807, 2.05) is 0 Å². The summed E-state index contributed by atoms with van der Waals surface area (Å²) in [5.41, 5.74) is 5.12. The van der Waals surface area contributed by atoms with E-state index in [0.29, 0.717) is 13.2 Å². The highest BCUT2D eigenvalue weighted by Crippen LogP contribution is 2.48. The Bertz CT molecular complexity index is 128. The van der Waals surface area contributed by atoms with Crippen molar-refractivity contribution in [3.63, 3.8) is 0 Å². The van der Waals surface area contributed by atoms with Crippen LogP contribution in [0.1, 0.15) is 6.42 Å². The van der Waals surface area contributed by atoms with E-state index in [9.17, 15) is 4.57 Å².